The molecule has 0 aliphatic heterocycles. The first kappa shape index (κ1) is 24.7. The van der Waals surface area contributed by atoms with Gasteiger partial charge in [0, 0.05) is 12.2 Å². The normalized spacial score (nSPS) is 11.2. The highest BCUT2D eigenvalue weighted by atomic mass is 16.5. The lowest BCUT2D eigenvalue weighted by atomic mass is 10.1. The fraction of sp³-hybridized carbons (Fsp3) is 0.348. The topological polar surface area (TPSA) is 129 Å². The molecule has 1 unspecified atom stereocenters. The van der Waals surface area contributed by atoms with Crippen molar-refractivity contribution in [3.8, 4) is 5.75 Å². The Bertz CT molecular complexity index is 904. The summed E-state index contributed by atoms with van der Waals surface area (Å²) in [6.45, 7) is 0.629. The number of nitrogens with one attached hydrogen (secondary N) is 2. The largest absolute Gasteiger partial charge is 0.496 e. The monoisotopic (exact) mass is 443 g/mol. The molecule has 0 aliphatic rings. The van der Waals surface area contributed by atoms with Gasteiger partial charge >= 0.3 is 12.1 Å². The van der Waals surface area contributed by atoms with Crippen molar-refractivity contribution in [2.75, 3.05) is 26.1 Å². The number of nitrogens with two attached hydrogens (primary N) is 1. The van der Waals surface area contributed by atoms with Crippen LogP contribution in [0.2, 0.25) is 0 Å². The van der Waals surface area contributed by atoms with E-state index in [0.717, 1.165) is 5.56 Å². The Morgan fingerprint density at radius 1 is 1.03 bits per heavy atom. The molecule has 2 amide bonds. The molecule has 0 radical (unpaired) electrons. The van der Waals surface area contributed by atoms with Gasteiger partial charge in [-0.15, -0.1) is 0 Å². The highest BCUT2D eigenvalue weighted by Crippen LogP contribution is 2.23. The number of alkyl carbamates (subject to hydrolysis) is 1. The van der Waals surface area contributed by atoms with Gasteiger partial charge < -0.3 is 30.6 Å². The van der Waals surface area contributed by atoms with Gasteiger partial charge in [-0.25, -0.2) is 9.59 Å². The highest BCUT2D eigenvalue weighted by molar-refractivity contribution is 5.98. The minimum absolute atomic E-state index is 0.201. The summed E-state index contributed by atoms with van der Waals surface area (Å²) in [5.41, 5.74) is 7.48. The Hall–Kier alpha value is -3.59. The predicted octanol–water partition coefficient (Wildman–Crippen LogP) is 2.84. The molecule has 9 heteroatoms. The fourth-order valence-electron chi connectivity index (χ4n) is 2.88. The summed E-state index contributed by atoms with van der Waals surface area (Å²) in [4.78, 5) is 35.9. The van der Waals surface area contributed by atoms with Crippen LogP contribution in [0.4, 0.5) is 10.5 Å². The van der Waals surface area contributed by atoms with Crippen LogP contribution >= 0.6 is 0 Å². The van der Waals surface area contributed by atoms with Crippen LogP contribution in [-0.2, 0) is 20.9 Å². The van der Waals surface area contributed by atoms with Crippen LogP contribution in [0, 0.1) is 0 Å². The molecule has 0 saturated heterocycles. The van der Waals surface area contributed by atoms with E-state index in [-0.39, 0.29) is 18.1 Å². The molecular formula is C23H29N3O6. The number of carbonyl (C=O) groups excluding carboxylic acids is 3. The molecule has 2 aromatic rings. The van der Waals surface area contributed by atoms with Gasteiger partial charge in [0.2, 0.25) is 5.91 Å². The minimum atomic E-state index is -0.733. The summed E-state index contributed by atoms with van der Waals surface area (Å²) in [6.07, 6.45) is 1.24. The van der Waals surface area contributed by atoms with Crippen LogP contribution in [0.3, 0.4) is 0 Å². The first-order valence-electron chi connectivity index (χ1n) is 10.2. The average molecular weight is 444 g/mol. The van der Waals surface area contributed by atoms with Crippen LogP contribution in [0.1, 0.15) is 35.2 Å². The second-order valence-corrected chi connectivity index (χ2v) is 6.99. The summed E-state index contributed by atoms with van der Waals surface area (Å²) in [5.74, 6) is -0.604. The van der Waals surface area contributed by atoms with E-state index in [1.807, 2.05) is 30.3 Å². The third kappa shape index (κ3) is 7.92. The molecule has 32 heavy (non-hydrogen) atoms. The highest BCUT2D eigenvalue weighted by Gasteiger charge is 2.17. The number of ether oxygens (including phenoxy) is 3. The van der Waals surface area contributed by atoms with E-state index in [9.17, 15) is 14.4 Å². The van der Waals surface area contributed by atoms with Gasteiger partial charge in [-0.2, -0.15) is 0 Å². The molecule has 0 heterocycles. The lowest BCUT2D eigenvalue weighted by Gasteiger charge is -2.14. The Balaban J connectivity index is 1.68. The average Bonchev–Trinajstić information content (AvgIpc) is 2.82. The Morgan fingerprint density at radius 3 is 2.47 bits per heavy atom. The predicted molar refractivity (Wildman–Crippen MR) is 119 cm³/mol. The van der Waals surface area contributed by atoms with E-state index >= 15 is 0 Å². The summed E-state index contributed by atoms with van der Waals surface area (Å²) in [5, 5.41) is 5.36. The second kappa shape index (κ2) is 13.0. The van der Waals surface area contributed by atoms with E-state index in [0.29, 0.717) is 37.2 Å². The van der Waals surface area contributed by atoms with Crippen molar-refractivity contribution in [2.24, 2.45) is 5.73 Å². The van der Waals surface area contributed by atoms with Crippen LogP contribution < -0.4 is 21.1 Å². The zero-order valence-corrected chi connectivity index (χ0v) is 18.3. The summed E-state index contributed by atoms with van der Waals surface area (Å²) in [6, 6.07) is 13.3. The van der Waals surface area contributed by atoms with Crippen molar-refractivity contribution in [2.45, 2.75) is 31.9 Å². The van der Waals surface area contributed by atoms with Crippen LogP contribution in [0.15, 0.2) is 48.5 Å². The molecule has 0 aromatic heterocycles. The third-order valence-electron chi connectivity index (χ3n) is 4.63. The van der Waals surface area contributed by atoms with Crippen LogP contribution in [0.5, 0.6) is 5.75 Å². The number of hydrogen-bond acceptors (Lipinski definition) is 7. The van der Waals surface area contributed by atoms with Crippen molar-refractivity contribution >= 4 is 23.7 Å². The number of methoxy groups -OCH3 is 2. The molecule has 2 rings (SSSR count). The smallest absolute Gasteiger partial charge is 0.407 e. The Kier molecular flexibility index (Phi) is 9.99. The number of benzene rings is 2. The maximum atomic E-state index is 12.3. The first-order chi connectivity index (χ1) is 15.4. The van der Waals surface area contributed by atoms with Crippen molar-refractivity contribution in [3.63, 3.8) is 0 Å². The molecule has 4 N–H and O–H groups in total. The molecule has 0 aliphatic carbocycles. The molecular weight excluding hydrogens is 414 g/mol. The molecule has 0 spiro atoms. The zero-order valence-electron chi connectivity index (χ0n) is 18.3. The first-order valence-corrected chi connectivity index (χ1v) is 10.2. The number of unbranched alkanes of at least 4 members (excludes halogenated alkanes) is 1. The zero-order chi connectivity index (χ0) is 23.3. The minimum Gasteiger partial charge on any atom is -0.496 e. The molecule has 0 saturated carbocycles. The van der Waals surface area contributed by atoms with Crippen LogP contribution in [0.25, 0.3) is 0 Å². The van der Waals surface area contributed by atoms with Gasteiger partial charge in [0.05, 0.1) is 20.3 Å². The molecule has 172 valence electrons. The molecule has 0 fully saturated rings. The molecule has 0 bridgehead atoms. The summed E-state index contributed by atoms with van der Waals surface area (Å²) in [7, 11) is 2.70. The quantitative estimate of drug-likeness (QED) is 0.360. The number of hydrogen-bond donors (Lipinski definition) is 3. The van der Waals surface area contributed by atoms with Gasteiger partial charge in [-0.05, 0) is 43.0 Å². The maximum Gasteiger partial charge on any atom is 0.407 e. The number of esters is 1. The van der Waals surface area contributed by atoms with Crippen molar-refractivity contribution < 1.29 is 28.6 Å². The third-order valence-corrected chi connectivity index (χ3v) is 4.63. The summed E-state index contributed by atoms with van der Waals surface area (Å²) < 4.78 is 15.0. The molecule has 2 aromatic carbocycles. The number of amides is 2. The lowest BCUT2D eigenvalue weighted by Crippen LogP contribution is -2.35. The lowest BCUT2D eigenvalue weighted by molar-refractivity contribution is -0.117. The van der Waals surface area contributed by atoms with Gasteiger partial charge in [-0.1, -0.05) is 30.3 Å². The van der Waals surface area contributed by atoms with E-state index in [2.05, 4.69) is 10.6 Å². The molecule has 1 atom stereocenters. The maximum absolute atomic E-state index is 12.3. The van der Waals surface area contributed by atoms with E-state index in [1.54, 1.807) is 12.1 Å². The number of carbonyl (C=O) groups is 3. The van der Waals surface area contributed by atoms with Gasteiger partial charge in [-0.3, -0.25) is 4.79 Å². The standard InChI is InChI=1S/C23H29N3O6/c1-30-20-12-11-17(14-18(20)22(28)31-2)26-21(27)19(24)10-6-7-13-25-23(29)32-15-16-8-4-3-5-9-16/h3-5,8-9,11-12,14,19H,6-7,10,13,15,24H2,1-2H3,(H,25,29)(H,26,27). The van der Waals surface area contributed by atoms with Crippen molar-refractivity contribution in [3.05, 3.63) is 59.7 Å². The fourth-order valence-corrected chi connectivity index (χ4v) is 2.88. The van der Waals surface area contributed by atoms with Gasteiger partial charge in [0.25, 0.3) is 0 Å². The van der Waals surface area contributed by atoms with Gasteiger partial charge in [0.1, 0.15) is 17.9 Å². The Morgan fingerprint density at radius 2 is 1.78 bits per heavy atom. The second-order valence-electron chi connectivity index (χ2n) is 6.99. The molecule has 9 nitrogen and oxygen atoms in total. The Labute approximate surface area is 187 Å². The van der Waals surface area contributed by atoms with E-state index in [4.69, 9.17) is 19.9 Å². The number of anilines is 1. The van der Waals surface area contributed by atoms with Crippen molar-refractivity contribution in [1.29, 1.82) is 0 Å². The van der Waals surface area contributed by atoms with Crippen molar-refractivity contribution in [1.82, 2.24) is 5.32 Å². The van der Waals surface area contributed by atoms with Gasteiger partial charge in [0.15, 0.2) is 0 Å². The van der Waals surface area contributed by atoms with E-state index < -0.39 is 18.1 Å². The van der Waals surface area contributed by atoms with E-state index in [1.165, 1.54) is 20.3 Å². The summed E-state index contributed by atoms with van der Waals surface area (Å²) >= 11 is 0. The van der Waals surface area contributed by atoms with Crippen LogP contribution in [-0.4, -0.2) is 44.8 Å². The SMILES string of the molecule is COC(=O)c1cc(NC(=O)C(N)CCCCNC(=O)OCc2ccccc2)ccc1OC. The number of rotatable bonds is 11.